The number of hydrogen-bond donors (Lipinski definition) is 0. The van der Waals surface area contributed by atoms with Crippen molar-refractivity contribution in [1.29, 1.82) is 0 Å². The minimum Gasteiger partial charge on any atom is -0.127 e. The molecule has 0 aromatic carbocycles. The van der Waals surface area contributed by atoms with E-state index < -0.39 is 0 Å². The Labute approximate surface area is 88.1 Å². The van der Waals surface area contributed by atoms with Crippen LogP contribution in [0, 0.1) is 11.8 Å². The number of halogens is 1. The molecule has 1 rings (SSSR count). The van der Waals surface area contributed by atoms with Crippen LogP contribution in [0.4, 0.5) is 0 Å². The molecule has 1 aliphatic rings. The van der Waals surface area contributed by atoms with Crippen LogP contribution in [0.15, 0.2) is 0 Å². The minimum atomic E-state index is 0.865. The highest BCUT2D eigenvalue weighted by Gasteiger charge is 2.19. The lowest BCUT2D eigenvalue weighted by Crippen LogP contribution is -2.14. The van der Waals surface area contributed by atoms with Gasteiger partial charge in [-0.15, -0.1) is 11.6 Å². The van der Waals surface area contributed by atoms with Crippen LogP contribution in [0.2, 0.25) is 0 Å². The van der Waals surface area contributed by atoms with Gasteiger partial charge in [-0.05, 0) is 18.3 Å². The van der Waals surface area contributed by atoms with Gasteiger partial charge in [0, 0.05) is 5.88 Å². The summed E-state index contributed by atoms with van der Waals surface area (Å²) >= 11 is 5.75. The third-order valence-corrected chi connectivity index (χ3v) is 3.67. The fraction of sp³-hybridized carbons (Fsp3) is 1.00. The van der Waals surface area contributed by atoms with E-state index in [1.807, 2.05) is 0 Å². The van der Waals surface area contributed by atoms with Crippen molar-refractivity contribution < 1.29 is 0 Å². The summed E-state index contributed by atoms with van der Waals surface area (Å²) in [6.45, 7) is 2.29. The molecule has 0 unspecified atom stereocenters. The molecule has 0 aliphatic heterocycles. The molecule has 0 radical (unpaired) electrons. The van der Waals surface area contributed by atoms with Gasteiger partial charge in [-0.2, -0.15) is 0 Å². The topological polar surface area (TPSA) is 0 Å². The monoisotopic (exact) mass is 202 g/mol. The molecule has 1 saturated carbocycles. The van der Waals surface area contributed by atoms with E-state index in [1.54, 1.807) is 0 Å². The Morgan fingerprint density at radius 1 is 1.00 bits per heavy atom. The Kier molecular flexibility index (Phi) is 5.86. The molecule has 0 amide bonds. The Bertz CT molecular complexity index is 114. The average Bonchev–Trinajstić information content (AvgIpc) is 2.17. The third kappa shape index (κ3) is 4.35. The van der Waals surface area contributed by atoms with Crippen molar-refractivity contribution in [3.63, 3.8) is 0 Å². The van der Waals surface area contributed by atoms with Gasteiger partial charge in [0.1, 0.15) is 0 Å². The largest absolute Gasteiger partial charge is 0.127 e. The summed E-state index contributed by atoms with van der Waals surface area (Å²) in [7, 11) is 0. The van der Waals surface area contributed by atoms with Crippen LogP contribution in [-0.4, -0.2) is 5.88 Å². The Morgan fingerprint density at radius 3 is 2.00 bits per heavy atom. The fourth-order valence-electron chi connectivity index (χ4n) is 2.46. The molecule has 0 bridgehead atoms. The first-order valence-corrected chi connectivity index (χ1v) is 6.46. The van der Waals surface area contributed by atoms with Gasteiger partial charge in [0.05, 0.1) is 0 Å². The van der Waals surface area contributed by atoms with Gasteiger partial charge in [0.2, 0.25) is 0 Å². The summed E-state index contributed by atoms with van der Waals surface area (Å²) < 4.78 is 0. The zero-order valence-corrected chi connectivity index (χ0v) is 9.65. The molecular formula is C12H23Cl. The van der Waals surface area contributed by atoms with Gasteiger partial charge >= 0.3 is 0 Å². The van der Waals surface area contributed by atoms with E-state index in [0.717, 1.165) is 17.7 Å². The van der Waals surface area contributed by atoms with Gasteiger partial charge < -0.3 is 0 Å². The van der Waals surface area contributed by atoms with Crippen molar-refractivity contribution in [3.8, 4) is 0 Å². The van der Waals surface area contributed by atoms with Crippen molar-refractivity contribution in [2.45, 2.75) is 58.3 Å². The third-order valence-electron chi connectivity index (χ3n) is 3.45. The zero-order chi connectivity index (χ0) is 9.52. The normalized spacial score (nSPS) is 29.1. The van der Waals surface area contributed by atoms with E-state index >= 15 is 0 Å². The summed E-state index contributed by atoms with van der Waals surface area (Å²) in [6, 6.07) is 0. The van der Waals surface area contributed by atoms with Crippen LogP contribution in [0.5, 0.6) is 0 Å². The van der Waals surface area contributed by atoms with Crippen molar-refractivity contribution in [2.24, 2.45) is 11.8 Å². The first-order chi connectivity index (χ1) is 6.36. The molecule has 0 N–H and O–H groups in total. The zero-order valence-electron chi connectivity index (χ0n) is 8.90. The van der Waals surface area contributed by atoms with Crippen LogP contribution in [-0.2, 0) is 0 Å². The molecule has 0 saturated heterocycles. The second-order valence-corrected chi connectivity index (χ2v) is 4.88. The Balaban J connectivity index is 2.08. The molecule has 1 fully saturated rings. The highest BCUT2D eigenvalue weighted by Crippen LogP contribution is 2.33. The van der Waals surface area contributed by atoms with Crippen LogP contribution >= 0.6 is 11.6 Å². The first-order valence-electron chi connectivity index (χ1n) is 5.92. The molecule has 1 heteroatoms. The first kappa shape index (κ1) is 11.4. The number of rotatable bonds is 5. The van der Waals surface area contributed by atoms with E-state index in [9.17, 15) is 0 Å². The van der Waals surface area contributed by atoms with E-state index in [-0.39, 0.29) is 0 Å². The second kappa shape index (κ2) is 6.70. The van der Waals surface area contributed by atoms with E-state index in [0.29, 0.717) is 0 Å². The molecule has 0 heterocycles. The Morgan fingerprint density at radius 2 is 1.54 bits per heavy atom. The standard InChI is InChI=1S/C12H23Cl/c1-2-3-4-11-5-7-12(8-6-11)9-10-13/h11-12H,2-10H2,1H3/t11-,12-. The molecule has 0 atom stereocenters. The summed E-state index contributed by atoms with van der Waals surface area (Å²) in [5.74, 6) is 2.87. The van der Waals surface area contributed by atoms with Gasteiger partial charge in [0.25, 0.3) is 0 Å². The predicted octanol–water partition coefficient (Wildman–Crippen LogP) is 4.61. The van der Waals surface area contributed by atoms with Crippen molar-refractivity contribution in [1.82, 2.24) is 0 Å². The molecule has 0 spiro atoms. The summed E-state index contributed by atoms with van der Waals surface area (Å²) in [6.07, 6.45) is 11.4. The minimum absolute atomic E-state index is 0.865. The molecule has 13 heavy (non-hydrogen) atoms. The predicted molar refractivity (Wildman–Crippen MR) is 60.3 cm³/mol. The molecule has 78 valence electrons. The molecular weight excluding hydrogens is 180 g/mol. The van der Waals surface area contributed by atoms with Crippen molar-refractivity contribution >= 4 is 11.6 Å². The van der Waals surface area contributed by atoms with Crippen LogP contribution in [0.25, 0.3) is 0 Å². The highest BCUT2D eigenvalue weighted by atomic mass is 35.5. The number of alkyl halides is 1. The summed E-state index contributed by atoms with van der Waals surface area (Å²) in [5.41, 5.74) is 0. The van der Waals surface area contributed by atoms with Crippen LogP contribution in [0.1, 0.15) is 58.3 Å². The lowest BCUT2D eigenvalue weighted by molar-refractivity contribution is 0.255. The van der Waals surface area contributed by atoms with Crippen LogP contribution < -0.4 is 0 Å². The quantitative estimate of drug-likeness (QED) is 0.571. The SMILES string of the molecule is CCCC[C@H]1CC[C@H](CCCl)CC1. The maximum Gasteiger partial charge on any atom is 0.0226 e. The van der Waals surface area contributed by atoms with E-state index in [1.165, 1.54) is 51.4 Å². The lowest BCUT2D eigenvalue weighted by Gasteiger charge is -2.27. The molecule has 0 nitrogen and oxygen atoms in total. The van der Waals surface area contributed by atoms with Gasteiger partial charge in [-0.1, -0.05) is 51.9 Å². The van der Waals surface area contributed by atoms with Crippen molar-refractivity contribution in [2.75, 3.05) is 5.88 Å². The van der Waals surface area contributed by atoms with Crippen molar-refractivity contribution in [3.05, 3.63) is 0 Å². The maximum absolute atomic E-state index is 5.75. The smallest absolute Gasteiger partial charge is 0.0226 e. The fourth-order valence-corrected chi connectivity index (χ4v) is 2.76. The van der Waals surface area contributed by atoms with Gasteiger partial charge in [-0.25, -0.2) is 0 Å². The van der Waals surface area contributed by atoms with E-state index in [2.05, 4.69) is 6.92 Å². The maximum atomic E-state index is 5.75. The summed E-state index contributed by atoms with van der Waals surface area (Å²) in [5, 5.41) is 0. The highest BCUT2D eigenvalue weighted by molar-refractivity contribution is 6.17. The van der Waals surface area contributed by atoms with Gasteiger partial charge in [0.15, 0.2) is 0 Å². The molecule has 0 aromatic rings. The van der Waals surface area contributed by atoms with Gasteiger partial charge in [-0.3, -0.25) is 0 Å². The lowest BCUT2D eigenvalue weighted by atomic mass is 9.79. The number of unbranched alkanes of at least 4 members (excludes halogenated alkanes) is 1. The average molecular weight is 203 g/mol. The second-order valence-electron chi connectivity index (χ2n) is 4.51. The molecule has 0 aromatic heterocycles. The summed E-state index contributed by atoms with van der Waals surface area (Å²) in [4.78, 5) is 0. The number of hydrogen-bond acceptors (Lipinski definition) is 0. The Hall–Kier alpha value is 0.290. The van der Waals surface area contributed by atoms with E-state index in [4.69, 9.17) is 11.6 Å². The molecule has 1 aliphatic carbocycles. The van der Waals surface area contributed by atoms with Crippen LogP contribution in [0.3, 0.4) is 0 Å².